The van der Waals surface area contributed by atoms with Crippen LogP contribution in [0.4, 0.5) is 0 Å². The summed E-state index contributed by atoms with van der Waals surface area (Å²) in [7, 11) is 0. The average molecular weight is 287 g/mol. The molecular formula is C13H19ClN2O3. The molecule has 1 aromatic carbocycles. The van der Waals surface area contributed by atoms with Gasteiger partial charge in [-0.3, -0.25) is 4.79 Å². The zero-order chi connectivity index (χ0) is 13.0. The van der Waals surface area contributed by atoms with E-state index in [0.717, 1.165) is 17.7 Å². The van der Waals surface area contributed by atoms with Gasteiger partial charge in [0.15, 0.2) is 11.5 Å². The average Bonchev–Trinajstić information content (AvgIpc) is 2.75. The van der Waals surface area contributed by atoms with Gasteiger partial charge in [0.2, 0.25) is 12.7 Å². The molecule has 106 valence electrons. The van der Waals surface area contributed by atoms with Crippen LogP contribution in [-0.4, -0.2) is 25.3 Å². The topological polar surface area (TPSA) is 73.6 Å². The highest BCUT2D eigenvalue weighted by Crippen LogP contribution is 2.32. The Labute approximate surface area is 118 Å². The molecule has 6 heteroatoms. The van der Waals surface area contributed by atoms with E-state index in [1.54, 1.807) is 0 Å². The fourth-order valence-corrected chi connectivity index (χ4v) is 1.74. The van der Waals surface area contributed by atoms with Gasteiger partial charge in [-0.1, -0.05) is 6.07 Å². The van der Waals surface area contributed by atoms with Crippen molar-refractivity contribution < 1.29 is 14.3 Å². The molecular weight excluding hydrogens is 268 g/mol. The lowest BCUT2D eigenvalue weighted by Gasteiger charge is -2.07. The molecule has 0 aromatic heterocycles. The summed E-state index contributed by atoms with van der Waals surface area (Å²) in [5.74, 6) is 1.43. The first-order valence-corrected chi connectivity index (χ1v) is 6.06. The molecule has 1 unspecified atom stereocenters. The third-order valence-corrected chi connectivity index (χ3v) is 2.72. The van der Waals surface area contributed by atoms with E-state index in [-0.39, 0.29) is 31.1 Å². The molecule has 0 aliphatic carbocycles. The number of amides is 1. The van der Waals surface area contributed by atoms with Crippen molar-refractivity contribution >= 4 is 18.3 Å². The molecule has 0 fully saturated rings. The first kappa shape index (κ1) is 15.6. The van der Waals surface area contributed by atoms with Crippen LogP contribution in [0.3, 0.4) is 0 Å². The minimum Gasteiger partial charge on any atom is -0.454 e. The van der Waals surface area contributed by atoms with Crippen LogP contribution in [-0.2, 0) is 11.2 Å². The summed E-state index contributed by atoms with van der Waals surface area (Å²) in [6, 6.07) is 5.65. The number of nitrogens with two attached hydrogens (primary N) is 1. The molecule has 0 bridgehead atoms. The Morgan fingerprint density at radius 1 is 1.42 bits per heavy atom. The van der Waals surface area contributed by atoms with Gasteiger partial charge < -0.3 is 20.5 Å². The van der Waals surface area contributed by atoms with Crippen LogP contribution in [0.1, 0.15) is 18.9 Å². The molecule has 5 nitrogen and oxygen atoms in total. The minimum atomic E-state index is -0.00508. The predicted molar refractivity (Wildman–Crippen MR) is 74.8 cm³/mol. The Hall–Kier alpha value is -1.46. The fourth-order valence-electron chi connectivity index (χ4n) is 1.74. The van der Waals surface area contributed by atoms with E-state index in [1.165, 1.54) is 0 Å². The standard InChI is InChI=1S/C13H18N2O3.ClH/c1-9(14)4-5-15-13(16)7-10-2-3-11-12(6-10)18-8-17-11;/h2-3,6,9H,4-5,7-8,14H2,1H3,(H,15,16);1H. The van der Waals surface area contributed by atoms with Crippen LogP contribution in [0, 0.1) is 0 Å². The van der Waals surface area contributed by atoms with Gasteiger partial charge in [0.05, 0.1) is 6.42 Å². The van der Waals surface area contributed by atoms with Crippen molar-refractivity contribution in [3.8, 4) is 11.5 Å². The summed E-state index contributed by atoms with van der Waals surface area (Å²) in [6.45, 7) is 2.78. The van der Waals surface area contributed by atoms with Crippen LogP contribution in [0.15, 0.2) is 18.2 Å². The lowest BCUT2D eigenvalue weighted by molar-refractivity contribution is -0.120. The highest BCUT2D eigenvalue weighted by molar-refractivity contribution is 5.85. The maximum absolute atomic E-state index is 11.7. The van der Waals surface area contributed by atoms with E-state index in [0.29, 0.717) is 18.7 Å². The summed E-state index contributed by atoms with van der Waals surface area (Å²) < 4.78 is 10.5. The van der Waals surface area contributed by atoms with Crippen molar-refractivity contribution in [2.24, 2.45) is 5.73 Å². The molecule has 1 aromatic rings. The molecule has 1 atom stereocenters. The van der Waals surface area contributed by atoms with E-state index in [2.05, 4.69) is 5.32 Å². The number of rotatable bonds is 5. The normalized spacial score (nSPS) is 13.6. The smallest absolute Gasteiger partial charge is 0.231 e. The number of carbonyl (C=O) groups is 1. The molecule has 0 saturated carbocycles. The van der Waals surface area contributed by atoms with Gasteiger partial charge >= 0.3 is 0 Å². The number of nitrogens with one attached hydrogen (secondary N) is 1. The number of carbonyl (C=O) groups excluding carboxylic acids is 1. The molecule has 1 aliphatic rings. The Morgan fingerprint density at radius 2 is 2.16 bits per heavy atom. The third kappa shape index (κ3) is 4.61. The highest BCUT2D eigenvalue weighted by Gasteiger charge is 2.14. The van der Waals surface area contributed by atoms with Crippen molar-refractivity contribution in [1.29, 1.82) is 0 Å². The number of fused-ring (bicyclic) bond motifs is 1. The summed E-state index contributed by atoms with van der Waals surface area (Å²) in [6.07, 6.45) is 1.13. The van der Waals surface area contributed by atoms with Crippen molar-refractivity contribution in [2.75, 3.05) is 13.3 Å². The zero-order valence-corrected chi connectivity index (χ0v) is 11.7. The van der Waals surface area contributed by atoms with Gasteiger partial charge in [0, 0.05) is 12.6 Å². The van der Waals surface area contributed by atoms with Gasteiger partial charge in [-0.2, -0.15) is 0 Å². The molecule has 2 rings (SSSR count). The second-order valence-corrected chi connectivity index (χ2v) is 4.48. The lowest BCUT2D eigenvalue weighted by atomic mass is 10.1. The van der Waals surface area contributed by atoms with Crippen LogP contribution in [0.25, 0.3) is 0 Å². The summed E-state index contributed by atoms with van der Waals surface area (Å²) in [5.41, 5.74) is 6.53. The van der Waals surface area contributed by atoms with Crippen LogP contribution < -0.4 is 20.5 Å². The van der Waals surface area contributed by atoms with Crippen molar-refractivity contribution in [2.45, 2.75) is 25.8 Å². The predicted octanol–water partition coefficient (Wildman–Crippen LogP) is 1.23. The molecule has 1 amide bonds. The number of ether oxygens (including phenoxy) is 2. The van der Waals surface area contributed by atoms with Gasteiger partial charge in [0.25, 0.3) is 0 Å². The molecule has 19 heavy (non-hydrogen) atoms. The molecule has 1 aliphatic heterocycles. The lowest BCUT2D eigenvalue weighted by Crippen LogP contribution is -2.29. The summed E-state index contributed by atoms with van der Waals surface area (Å²) >= 11 is 0. The van der Waals surface area contributed by atoms with Crippen LogP contribution in [0.2, 0.25) is 0 Å². The van der Waals surface area contributed by atoms with Gasteiger partial charge in [-0.25, -0.2) is 0 Å². The van der Waals surface area contributed by atoms with E-state index < -0.39 is 0 Å². The molecule has 3 N–H and O–H groups in total. The molecule has 0 spiro atoms. The third-order valence-electron chi connectivity index (χ3n) is 2.72. The van der Waals surface area contributed by atoms with Gasteiger partial charge in [-0.15, -0.1) is 12.4 Å². The quantitative estimate of drug-likeness (QED) is 0.854. The Morgan fingerprint density at radius 3 is 2.89 bits per heavy atom. The van der Waals surface area contributed by atoms with E-state index in [9.17, 15) is 4.79 Å². The maximum atomic E-state index is 11.7. The van der Waals surface area contributed by atoms with Crippen molar-refractivity contribution in [1.82, 2.24) is 5.32 Å². The first-order chi connectivity index (χ1) is 8.65. The monoisotopic (exact) mass is 286 g/mol. The number of benzene rings is 1. The Balaban J connectivity index is 0.00000180. The Bertz CT molecular complexity index is 438. The van der Waals surface area contributed by atoms with Crippen LogP contribution >= 0.6 is 12.4 Å². The fraction of sp³-hybridized carbons (Fsp3) is 0.462. The summed E-state index contributed by atoms with van der Waals surface area (Å²) in [5, 5.41) is 2.84. The van der Waals surface area contributed by atoms with Crippen molar-refractivity contribution in [3.05, 3.63) is 23.8 Å². The van der Waals surface area contributed by atoms with Gasteiger partial charge in [-0.05, 0) is 31.0 Å². The largest absolute Gasteiger partial charge is 0.454 e. The minimum absolute atomic E-state index is 0. The van der Waals surface area contributed by atoms with Gasteiger partial charge in [0.1, 0.15) is 0 Å². The maximum Gasteiger partial charge on any atom is 0.231 e. The molecule has 0 radical (unpaired) electrons. The Kier molecular flexibility index (Phi) is 5.92. The second-order valence-electron chi connectivity index (χ2n) is 4.48. The first-order valence-electron chi connectivity index (χ1n) is 6.06. The SMILES string of the molecule is CC(N)CCNC(=O)Cc1ccc2c(c1)OCO2.Cl. The van der Waals surface area contributed by atoms with E-state index in [1.807, 2.05) is 25.1 Å². The highest BCUT2D eigenvalue weighted by atomic mass is 35.5. The van der Waals surface area contributed by atoms with Crippen LogP contribution in [0.5, 0.6) is 11.5 Å². The number of hydrogen-bond acceptors (Lipinski definition) is 4. The van der Waals surface area contributed by atoms with E-state index in [4.69, 9.17) is 15.2 Å². The summed E-state index contributed by atoms with van der Waals surface area (Å²) in [4.78, 5) is 11.7. The van der Waals surface area contributed by atoms with Crippen molar-refractivity contribution in [3.63, 3.8) is 0 Å². The number of hydrogen-bond donors (Lipinski definition) is 2. The second kappa shape index (κ2) is 7.21. The molecule has 1 heterocycles. The zero-order valence-electron chi connectivity index (χ0n) is 10.8. The van der Waals surface area contributed by atoms with E-state index >= 15 is 0 Å². The molecule has 0 saturated heterocycles. The number of halogens is 1.